The Labute approximate surface area is 110 Å². The molecule has 0 spiro atoms. The first-order valence-electron chi connectivity index (χ1n) is 5.63. The standard InChI is InChI=1S/C11H12N2O5S/c14-10-4-3-9(5-13(10)7-19(16)17)11(15)12-18-6-8-1-2-8/h3-5,7-8H,1-2,6H2,(H,12,15). The number of nitrogens with zero attached hydrogens (tertiary/aromatic N) is 1. The number of pyridine rings is 1. The maximum Gasteiger partial charge on any atom is 0.276 e. The van der Waals surface area contributed by atoms with Crippen molar-refractivity contribution in [2.75, 3.05) is 6.61 Å². The number of hydrogen-bond donors (Lipinski definition) is 1. The molecule has 0 bridgehead atoms. The number of rotatable bonds is 5. The molecule has 0 radical (unpaired) electrons. The fourth-order valence-electron chi connectivity index (χ4n) is 1.38. The van der Waals surface area contributed by atoms with E-state index in [-0.39, 0.29) is 5.56 Å². The molecule has 0 saturated heterocycles. The van der Waals surface area contributed by atoms with E-state index in [0.717, 1.165) is 29.7 Å². The van der Waals surface area contributed by atoms with Crippen LogP contribution < -0.4 is 11.0 Å². The molecule has 1 aliphatic rings. The number of hydroxylamine groups is 1. The van der Waals surface area contributed by atoms with Crippen LogP contribution in [0.15, 0.2) is 23.1 Å². The first-order chi connectivity index (χ1) is 9.06. The SMILES string of the molecule is O=C(NOCC1CC1)c1ccc(=O)n(C=S(=O)=O)c1. The van der Waals surface area contributed by atoms with Gasteiger partial charge in [0.2, 0.25) is 10.3 Å². The second-order valence-corrected chi connectivity index (χ2v) is 4.95. The Hall–Kier alpha value is -1.93. The molecule has 1 fully saturated rings. The van der Waals surface area contributed by atoms with Gasteiger partial charge < -0.3 is 0 Å². The van der Waals surface area contributed by atoms with E-state index in [9.17, 15) is 18.0 Å². The van der Waals surface area contributed by atoms with Gasteiger partial charge in [-0.05, 0) is 24.8 Å². The molecule has 1 aromatic rings. The lowest BCUT2D eigenvalue weighted by Crippen LogP contribution is -2.27. The Morgan fingerprint density at radius 2 is 2.21 bits per heavy atom. The van der Waals surface area contributed by atoms with Crippen molar-refractivity contribution < 1.29 is 18.0 Å². The van der Waals surface area contributed by atoms with Crippen LogP contribution in [0.2, 0.25) is 0 Å². The molecule has 1 amide bonds. The van der Waals surface area contributed by atoms with Gasteiger partial charge in [0.1, 0.15) is 5.49 Å². The normalized spacial score (nSPS) is 13.9. The summed E-state index contributed by atoms with van der Waals surface area (Å²) in [7, 11) is -2.53. The van der Waals surface area contributed by atoms with Crippen LogP contribution in [0.5, 0.6) is 0 Å². The van der Waals surface area contributed by atoms with Crippen LogP contribution in [0.25, 0.3) is 0 Å². The van der Waals surface area contributed by atoms with E-state index in [1.54, 1.807) is 0 Å². The van der Waals surface area contributed by atoms with Gasteiger partial charge in [-0.1, -0.05) is 0 Å². The van der Waals surface area contributed by atoms with E-state index >= 15 is 0 Å². The molecular formula is C11H12N2O5S. The van der Waals surface area contributed by atoms with E-state index in [1.807, 2.05) is 0 Å². The van der Waals surface area contributed by atoms with Crippen LogP contribution >= 0.6 is 0 Å². The molecule has 1 saturated carbocycles. The summed E-state index contributed by atoms with van der Waals surface area (Å²) in [6.07, 6.45) is 3.34. The highest BCUT2D eigenvalue weighted by Crippen LogP contribution is 2.28. The second kappa shape index (κ2) is 5.81. The van der Waals surface area contributed by atoms with Crippen molar-refractivity contribution >= 4 is 21.7 Å². The van der Waals surface area contributed by atoms with Gasteiger partial charge in [0, 0.05) is 12.3 Å². The molecule has 102 valence electrons. The molecule has 0 atom stereocenters. The average molecular weight is 284 g/mol. The molecule has 1 aromatic heterocycles. The summed E-state index contributed by atoms with van der Waals surface area (Å²) in [4.78, 5) is 28.0. The lowest BCUT2D eigenvalue weighted by molar-refractivity contribution is 0.0270. The predicted octanol–water partition coefficient (Wildman–Crippen LogP) is -0.593. The molecule has 0 unspecified atom stereocenters. The summed E-state index contributed by atoms with van der Waals surface area (Å²) < 4.78 is 21.8. The molecule has 1 heterocycles. The van der Waals surface area contributed by atoms with Gasteiger partial charge in [-0.2, -0.15) is 8.42 Å². The lowest BCUT2D eigenvalue weighted by atomic mass is 10.3. The number of nitrogens with one attached hydrogen (secondary N) is 1. The third-order valence-corrected chi connectivity index (χ3v) is 2.98. The summed E-state index contributed by atoms with van der Waals surface area (Å²) in [6, 6.07) is 2.41. The Morgan fingerprint density at radius 3 is 2.84 bits per heavy atom. The summed E-state index contributed by atoms with van der Waals surface area (Å²) in [5, 5.41) is 0. The highest BCUT2D eigenvalue weighted by atomic mass is 32.2. The van der Waals surface area contributed by atoms with Crippen LogP contribution in [0.1, 0.15) is 23.2 Å². The Balaban J connectivity index is 2.08. The third kappa shape index (κ3) is 4.04. The summed E-state index contributed by atoms with van der Waals surface area (Å²) >= 11 is 0. The van der Waals surface area contributed by atoms with E-state index in [4.69, 9.17) is 4.84 Å². The van der Waals surface area contributed by atoms with Crippen LogP contribution in [-0.2, 0) is 15.1 Å². The quantitative estimate of drug-likeness (QED) is 0.576. The van der Waals surface area contributed by atoms with E-state index in [2.05, 4.69) is 5.48 Å². The molecule has 1 aliphatic carbocycles. The van der Waals surface area contributed by atoms with Gasteiger partial charge >= 0.3 is 0 Å². The lowest BCUT2D eigenvalue weighted by Gasteiger charge is -2.05. The van der Waals surface area contributed by atoms with Crippen molar-refractivity contribution in [1.29, 1.82) is 0 Å². The Morgan fingerprint density at radius 1 is 1.47 bits per heavy atom. The van der Waals surface area contributed by atoms with Crippen molar-refractivity contribution in [3.8, 4) is 0 Å². The zero-order chi connectivity index (χ0) is 13.8. The molecular weight excluding hydrogens is 272 g/mol. The van der Waals surface area contributed by atoms with Crippen molar-refractivity contribution in [2.24, 2.45) is 5.92 Å². The van der Waals surface area contributed by atoms with Gasteiger partial charge in [-0.25, -0.2) is 5.48 Å². The monoisotopic (exact) mass is 284 g/mol. The van der Waals surface area contributed by atoms with E-state index < -0.39 is 21.8 Å². The smallest absolute Gasteiger partial charge is 0.276 e. The van der Waals surface area contributed by atoms with Crippen molar-refractivity contribution in [2.45, 2.75) is 12.8 Å². The number of carbonyl (C=O) groups is 1. The minimum absolute atomic E-state index is 0.136. The van der Waals surface area contributed by atoms with Crippen LogP contribution in [0.4, 0.5) is 0 Å². The van der Waals surface area contributed by atoms with Crippen molar-refractivity contribution in [1.82, 2.24) is 10.0 Å². The van der Waals surface area contributed by atoms with Crippen molar-refractivity contribution in [3.63, 3.8) is 0 Å². The van der Waals surface area contributed by atoms with E-state index in [1.165, 1.54) is 6.07 Å². The number of hydrogen-bond acceptors (Lipinski definition) is 5. The maximum atomic E-state index is 11.7. The summed E-state index contributed by atoms with van der Waals surface area (Å²) in [5.74, 6) is -0.0232. The van der Waals surface area contributed by atoms with Crippen LogP contribution in [0.3, 0.4) is 0 Å². The molecule has 8 heteroatoms. The number of amides is 1. The molecule has 2 rings (SSSR count). The fourth-order valence-corrected chi connectivity index (χ4v) is 1.73. The number of aromatic nitrogens is 1. The van der Waals surface area contributed by atoms with Gasteiger partial charge in [0.05, 0.1) is 12.2 Å². The molecule has 7 nitrogen and oxygen atoms in total. The van der Waals surface area contributed by atoms with Gasteiger partial charge in [0.15, 0.2) is 0 Å². The molecule has 1 N–H and O–H groups in total. The summed E-state index contributed by atoms with van der Waals surface area (Å²) in [6.45, 7) is 0.460. The fraction of sp³-hybridized carbons (Fsp3) is 0.364. The minimum Gasteiger partial charge on any atom is -0.276 e. The molecule has 0 aliphatic heterocycles. The maximum absolute atomic E-state index is 11.7. The topological polar surface area (TPSA) is 94.5 Å². The largest absolute Gasteiger partial charge is 0.276 e. The molecule has 0 aromatic carbocycles. The first-order valence-corrected chi connectivity index (χ1v) is 6.77. The third-order valence-electron chi connectivity index (χ3n) is 2.58. The Bertz CT molecular complexity index is 665. The first kappa shape index (κ1) is 13.5. The number of carbonyl (C=O) groups excluding carboxylic acids is 1. The minimum atomic E-state index is -2.53. The van der Waals surface area contributed by atoms with Crippen LogP contribution in [-0.4, -0.2) is 31.0 Å². The zero-order valence-electron chi connectivity index (χ0n) is 9.90. The van der Waals surface area contributed by atoms with Crippen molar-refractivity contribution in [3.05, 3.63) is 34.2 Å². The highest BCUT2D eigenvalue weighted by Gasteiger charge is 2.21. The summed E-state index contributed by atoms with van der Waals surface area (Å²) in [5.41, 5.74) is 2.53. The highest BCUT2D eigenvalue weighted by molar-refractivity contribution is 7.71. The Kier molecular flexibility index (Phi) is 4.13. The molecule has 19 heavy (non-hydrogen) atoms. The van der Waals surface area contributed by atoms with Gasteiger partial charge in [0.25, 0.3) is 11.5 Å². The second-order valence-electron chi connectivity index (χ2n) is 4.21. The predicted molar refractivity (Wildman–Crippen MR) is 67.2 cm³/mol. The van der Waals surface area contributed by atoms with E-state index in [0.29, 0.717) is 18.0 Å². The van der Waals surface area contributed by atoms with Gasteiger partial charge in [-0.15, -0.1) is 0 Å². The van der Waals surface area contributed by atoms with Gasteiger partial charge in [-0.3, -0.25) is 19.0 Å². The zero-order valence-corrected chi connectivity index (χ0v) is 10.7. The average Bonchev–Trinajstić information content (AvgIpc) is 3.15. The van der Waals surface area contributed by atoms with Crippen LogP contribution in [0, 0.1) is 5.92 Å².